The Morgan fingerprint density at radius 1 is 0.487 bits per heavy atom. The molecule has 0 spiro atoms. The van der Waals surface area contributed by atoms with Crippen LogP contribution in [0.15, 0.2) is 200 Å². The van der Waals surface area contributed by atoms with E-state index in [1.54, 1.807) is 96.4 Å². The highest BCUT2D eigenvalue weighted by molar-refractivity contribution is 9.10. The molecule has 0 saturated carbocycles. The number of nitrogens with zero attached hydrogens (tertiary/aromatic N) is 8. The predicted molar refractivity (Wildman–Crippen MR) is 291 cm³/mol. The lowest BCUT2D eigenvalue weighted by Crippen LogP contribution is -2.43. The summed E-state index contributed by atoms with van der Waals surface area (Å²) >= 11 is 3.34. The SMILES string of the molecule is Cn1cc(C(O)(c2ccc3c(cnn3-c3ccc(F)cc3)c2)C(F)(F)F)c2ccc(-c3cccnc3)cc21.Cn1cc(C(O)(c2ccc3c(cnn3-c3ccc(F)cc3)c2)C(F)(F)F)c2ccc(Br)cc21.OB(O)c1cccnc1. The van der Waals surface area contributed by atoms with Crippen LogP contribution in [0.3, 0.4) is 0 Å². The number of fused-ring (bicyclic) bond motifs is 4. The van der Waals surface area contributed by atoms with Crippen LogP contribution in [0.5, 0.6) is 0 Å². The summed E-state index contributed by atoms with van der Waals surface area (Å²) in [5.41, 5.74) is -2.44. The summed E-state index contributed by atoms with van der Waals surface area (Å²) in [5.74, 6) is -0.819. The smallest absolute Gasteiger partial charge is 0.423 e. The molecular weight excluding hydrogens is 1120 g/mol. The first kappa shape index (κ1) is 54.8. The summed E-state index contributed by atoms with van der Waals surface area (Å²) in [4.78, 5) is 7.80. The van der Waals surface area contributed by atoms with Crippen molar-refractivity contribution in [2.45, 2.75) is 23.6 Å². The number of alkyl halides is 6. The zero-order chi connectivity index (χ0) is 56.9. The van der Waals surface area contributed by atoms with Crippen molar-refractivity contribution < 1.29 is 55.4 Å². The van der Waals surface area contributed by atoms with Gasteiger partial charge in [-0.2, -0.15) is 36.5 Å². The second-order valence-corrected chi connectivity index (χ2v) is 19.5. The minimum Gasteiger partial charge on any atom is -0.423 e. The molecule has 4 N–H and O–H groups in total. The van der Waals surface area contributed by atoms with Crippen LogP contribution < -0.4 is 5.46 Å². The van der Waals surface area contributed by atoms with Gasteiger partial charge < -0.3 is 29.4 Å². The Labute approximate surface area is 458 Å². The first-order valence-electron chi connectivity index (χ1n) is 24.1. The molecule has 404 valence electrons. The normalized spacial score (nSPS) is 13.4. The number of aromatic nitrogens is 8. The van der Waals surface area contributed by atoms with E-state index >= 15 is 0 Å². The topological polar surface area (TPSA) is 152 Å². The van der Waals surface area contributed by atoms with Crippen molar-refractivity contribution in [3.8, 4) is 22.5 Å². The molecule has 6 aromatic heterocycles. The second kappa shape index (κ2) is 21.3. The fourth-order valence-electron chi connectivity index (χ4n) is 9.60. The van der Waals surface area contributed by atoms with E-state index in [1.807, 2.05) is 6.07 Å². The van der Waals surface area contributed by atoms with Gasteiger partial charge in [0.05, 0.1) is 34.8 Å². The van der Waals surface area contributed by atoms with Crippen LogP contribution >= 0.6 is 15.9 Å². The third-order valence-corrected chi connectivity index (χ3v) is 14.1. The highest BCUT2D eigenvalue weighted by Crippen LogP contribution is 2.49. The number of rotatable bonds is 8. The van der Waals surface area contributed by atoms with Crippen LogP contribution in [0.4, 0.5) is 35.1 Å². The number of hydrogen-bond donors (Lipinski definition) is 4. The van der Waals surface area contributed by atoms with E-state index in [9.17, 15) is 45.3 Å². The standard InChI is InChI=1S/C29H20F4N4O.C24H16BrF4N3O.C5H6BNO2/c1-36-17-25(24-10-4-18(14-27(24)36)19-3-2-12-34-15-19)28(38,29(31,32)33)21-5-11-26-20(13-21)16-35-37(26)23-8-6-22(30)7-9-23;1-31-13-20(19-8-3-16(25)11-22(19)31)23(33,24(27,28)29)15-2-9-21-14(10-15)12-30-32(21)18-6-4-17(26)5-7-18;8-6(9)5-2-1-3-7-4-5/h2-17,38H,1H3;2-13,33H,1H3;1-4,8-9H. The molecule has 0 saturated heterocycles. The molecule has 12 aromatic rings. The summed E-state index contributed by atoms with van der Waals surface area (Å²) in [7, 11) is 1.87. The predicted octanol–water partition coefficient (Wildman–Crippen LogP) is 11.5. The Hall–Kier alpha value is -8.54. The van der Waals surface area contributed by atoms with Crippen LogP contribution in [0.2, 0.25) is 0 Å². The van der Waals surface area contributed by atoms with Gasteiger partial charge in [0, 0.05) is 110 Å². The zero-order valence-electron chi connectivity index (χ0n) is 41.8. The fraction of sp³-hybridized carbons (Fsp3) is 0.103. The summed E-state index contributed by atoms with van der Waals surface area (Å²) < 4.78 is 121. The van der Waals surface area contributed by atoms with E-state index < -0.39 is 42.3 Å². The van der Waals surface area contributed by atoms with Crippen molar-refractivity contribution in [3.63, 3.8) is 0 Å². The Bertz CT molecular complexity index is 4190. The summed E-state index contributed by atoms with van der Waals surface area (Å²) in [6.07, 6.45) is 1.75. The van der Waals surface area contributed by atoms with E-state index in [-0.39, 0.29) is 27.6 Å². The molecule has 0 aliphatic rings. The second-order valence-electron chi connectivity index (χ2n) is 18.6. The summed E-state index contributed by atoms with van der Waals surface area (Å²) in [6, 6.07) is 36.1. The average molecular weight is 1160 g/mol. The van der Waals surface area contributed by atoms with E-state index in [0.717, 1.165) is 11.1 Å². The van der Waals surface area contributed by atoms with Gasteiger partial charge in [-0.3, -0.25) is 9.97 Å². The first-order chi connectivity index (χ1) is 38.1. The summed E-state index contributed by atoms with van der Waals surface area (Å²) in [6.45, 7) is 0. The minimum atomic E-state index is -5.02. The van der Waals surface area contributed by atoms with Crippen molar-refractivity contribution in [2.75, 3.05) is 0 Å². The van der Waals surface area contributed by atoms with Crippen LogP contribution in [0.25, 0.3) is 66.1 Å². The van der Waals surface area contributed by atoms with Gasteiger partial charge in [-0.15, -0.1) is 0 Å². The van der Waals surface area contributed by atoms with Crippen LogP contribution in [-0.2, 0) is 25.3 Å². The lowest BCUT2D eigenvalue weighted by molar-refractivity contribution is -0.248. The highest BCUT2D eigenvalue weighted by atomic mass is 79.9. The van der Waals surface area contributed by atoms with Gasteiger partial charge in [-0.25, -0.2) is 18.1 Å². The molecule has 2 unspecified atom stereocenters. The molecule has 0 fully saturated rings. The number of pyridine rings is 2. The minimum absolute atomic E-state index is 0.259. The Kier molecular flexibility index (Phi) is 14.6. The molecule has 0 radical (unpaired) electrons. The van der Waals surface area contributed by atoms with Crippen molar-refractivity contribution in [1.82, 2.24) is 38.7 Å². The number of aliphatic hydroxyl groups is 2. The van der Waals surface area contributed by atoms with Crippen LogP contribution in [0, 0.1) is 11.6 Å². The number of halogens is 9. The van der Waals surface area contributed by atoms with Crippen molar-refractivity contribution in [2.24, 2.45) is 14.1 Å². The molecule has 12 rings (SSSR count). The number of benzene rings is 6. The maximum absolute atomic E-state index is 14.7. The summed E-state index contributed by atoms with van der Waals surface area (Å²) in [5, 5.41) is 49.7. The van der Waals surface area contributed by atoms with E-state index in [0.29, 0.717) is 59.5 Å². The monoisotopic (exact) mass is 1160 g/mol. The van der Waals surface area contributed by atoms with E-state index in [2.05, 4.69) is 36.1 Å². The van der Waals surface area contributed by atoms with Gasteiger partial charge in [0.15, 0.2) is 0 Å². The molecular formula is C58H42BBrF8N8O4. The fourth-order valence-corrected chi connectivity index (χ4v) is 9.94. The molecule has 12 nitrogen and oxygen atoms in total. The molecule has 80 heavy (non-hydrogen) atoms. The van der Waals surface area contributed by atoms with E-state index in [4.69, 9.17) is 10.0 Å². The molecule has 0 aliphatic heterocycles. The third-order valence-electron chi connectivity index (χ3n) is 13.6. The Morgan fingerprint density at radius 3 is 1.38 bits per heavy atom. The third kappa shape index (κ3) is 10.1. The lowest BCUT2D eigenvalue weighted by atomic mass is 9.82. The van der Waals surface area contributed by atoms with Crippen molar-refractivity contribution >= 4 is 72.1 Å². The Morgan fingerprint density at radius 2 is 0.950 bits per heavy atom. The number of hydrogen-bond acceptors (Lipinski definition) is 8. The van der Waals surface area contributed by atoms with Gasteiger partial charge in [0.1, 0.15) is 11.6 Å². The molecule has 0 aliphatic carbocycles. The van der Waals surface area contributed by atoms with E-state index in [1.165, 1.54) is 125 Å². The zero-order valence-corrected chi connectivity index (χ0v) is 43.4. The van der Waals surface area contributed by atoms with Gasteiger partial charge >= 0.3 is 19.5 Å². The maximum Gasteiger partial charge on any atom is 0.490 e. The van der Waals surface area contributed by atoms with Gasteiger partial charge in [0.2, 0.25) is 11.2 Å². The van der Waals surface area contributed by atoms with Gasteiger partial charge in [-0.1, -0.05) is 58.4 Å². The van der Waals surface area contributed by atoms with Gasteiger partial charge in [0.25, 0.3) is 0 Å². The van der Waals surface area contributed by atoms with Crippen LogP contribution in [-0.4, -0.2) is 78.4 Å². The molecule has 6 aromatic carbocycles. The largest absolute Gasteiger partial charge is 0.490 e. The number of aryl methyl sites for hydroxylation is 2. The van der Waals surface area contributed by atoms with Crippen LogP contribution in [0.1, 0.15) is 22.3 Å². The average Bonchev–Trinajstić information content (AvgIpc) is 4.40. The van der Waals surface area contributed by atoms with Crippen molar-refractivity contribution in [3.05, 3.63) is 234 Å². The molecule has 2 atom stereocenters. The van der Waals surface area contributed by atoms with Crippen molar-refractivity contribution in [1.29, 1.82) is 0 Å². The lowest BCUT2D eigenvalue weighted by Gasteiger charge is -2.31. The first-order valence-corrected chi connectivity index (χ1v) is 24.9. The highest BCUT2D eigenvalue weighted by Gasteiger charge is 2.58. The van der Waals surface area contributed by atoms with Gasteiger partial charge in [-0.05, 0) is 120 Å². The quantitative estimate of drug-likeness (QED) is 0.0867. The molecule has 0 amide bonds. The molecule has 6 heterocycles. The Balaban J connectivity index is 0.000000157. The maximum atomic E-state index is 14.7. The molecule has 22 heteroatoms. The molecule has 0 bridgehead atoms.